The average Bonchev–Trinajstić information content (AvgIpc) is 2.37. The van der Waals surface area contributed by atoms with Crippen LogP contribution >= 0.6 is 0 Å². The highest BCUT2D eigenvalue weighted by molar-refractivity contribution is 7.89. The van der Waals surface area contributed by atoms with Crippen molar-refractivity contribution in [1.82, 2.24) is 4.72 Å². The van der Waals surface area contributed by atoms with E-state index in [0.717, 1.165) is 12.1 Å². The van der Waals surface area contributed by atoms with Gasteiger partial charge in [-0.1, -0.05) is 6.92 Å². The monoisotopic (exact) mass is 306 g/mol. The number of halogens is 1. The second-order valence-electron chi connectivity index (χ2n) is 4.12. The summed E-state index contributed by atoms with van der Waals surface area (Å²) in [6.45, 7) is 1.75. The molecule has 0 spiro atoms. The summed E-state index contributed by atoms with van der Waals surface area (Å²) < 4.78 is 39.2. The minimum atomic E-state index is -3.95. The zero-order valence-corrected chi connectivity index (χ0v) is 11.6. The van der Waals surface area contributed by atoms with E-state index in [1.807, 2.05) is 0 Å². The summed E-state index contributed by atoms with van der Waals surface area (Å²) in [6, 6.07) is 2.35. The summed E-state index contributed by atoms with van der Waals surface area (Å²) >= 11 is 0. The number of nitro groups is 1. The number of hydrogen-bond acceptors (Lipinski definition) is 5. The lowest BCUT2D eigenvalue weighted by Crippen LogP contribution is -2.27. The molecule has 0 fully saturated rings. The van der Waals surface area contributed by atoms with E-state index in [2.05, 4.69) is 4.72 Å². The predicted octanol–water partition coefficient (Wildman–Crippen LogP) is 1.17. The minimum Gasteiger partial charge on any atom is -0.393 e. The molecule has 7 nitrogen and oxygen atoms in total. The minimum absolute atomic E-state index is 0.00402. The molecule has 0 heterocycles. The van der Waals surface area contributed by atoms with E-state index in [0.29, 0.717) is 12.5 Å². The Hall–Kier alpha value is -1.58. The van der Waals surface area contributed by atoms with Gasteiger partial charge >= 0.3 is 5.69 Å². The molecule has 20 heavy (non-hydrogen) atoms. The summed E-state index contributed by atoms with van der Waals surface area (Å²) in [6.07, 6.45) is 0.102. The molecule has 1 rings (SSSR count). The van der Waals surface area contributed by atoms with Crippen LogP contribution in [0, 0.1) is 15.9 Å². The first kappa shape index (κ1) is 16.5. The van der Waals surface area contributed by atoms with Crippen molar-refractivity contribution in [3.05, 3.63) is 34.1 Å². The molecule has 9 heteroatoms. The topological polar surface area (TPSA) is 110 Å². The summed E-state index contributed by atoms with van der Waals surface area (Å²) in [5, 5.41) is 19.7. The number of aliphatic hydroxyl groups excluding tert-OH is 1. The van der Waals surface area contributed by atoms with E-state index in [-0.39, 0.29) is 13.0 Å². The smallest absolute Gasteiger partial charge is 0.304 e. The fourth-order valence-electron chi connectivity index (χ4n) is 1.45. The van der Waals surface area contributed by atoms with Crippen LogP contribution in [0.2, 0.25) is 0 Å². The molecule has 0 aliphatic rings. The van der Waals surface area contributed by atoms with E-state index in [1.165, 1.54) is 0 Å². The number of sulfonamides is 1. The Morgan fingerprint density at radius 1 is 1.50 bits per heavy atom. The van der Waals surface area contributed by atoms with Crippen LogP contribution in [0.25, 0.3) is 0 Å². The number of nitrogens with one attached hydrogen (secondary N) is 1. The third-order valence-corrected chi connectivity index (χ3v) is 4.13. The van der Waals surface area contributed by atoms with Crippen molar-refractivity contribution in [2.24, 2.45) is 0 Å². The van der Waals surface area contributed by atoms with E-state index in [1.54, 1.807) is 6.92 Å². The molecule has 2 N–H and O–H groups in total. The number of aliphatic hydroxyl groups is 1. The first-order valence-corrected chi connectivity index (χ1v) is 7.38. The lowest BCUT2D eigenvalue weighted by Gasteiger charge is -2.09. The van der Waals surface area contributed by atoms with Crippen molar-refractivity contribution in [2.45, 2.75) is 30.8 Å². The fourth-order valence-corrected chi connectivity index (χ4v) is 2.51. The van der Waals surface area contributed by atoms with Crippen LogP contribution in [-0.2, 0) is 10.0 Å². The summed E-state index contributed by atoms with van der Waals surface area (Å²) in [5.74, 6) is -1.22. The third-order valence-electron chi connectivity index (χ3n) is 2.67. The van der Waals surface area contributed by atoms with Gasteiger partial charge in [-0.05, 0) is 18.9 Å². The van der Waals surface area contributed by atoms with E-state index in [4.69, 9.17) is 0 Å². The largest absolute Gasteiger partial charge is 0.393 e. The number of rotatable bonds is 7. The number of hydrogen-bond donors (Lipinski definition) is 2. The highest BCUT2D eigenvalue weighted by Crippen LogP contribution is 2.20. The molecule has 0 aliphatic heterocycles. The lowest BCUT2D eigenvalue weighted by atomic mass is 10.2. The van der Waals surface area contributed by atoms with Crippen LogP contribution in [0.5, 0.6) is 0 Å². The summed E-state index contributed by atoms with van der Waals surface area (Å²) in [5.41, 5.74) is -0.787. The first-order chi connectivity index (χ1) is 9.27. The van der Waals surface area contributed by atoms with Gasteiger partial charge < -0.3 is 5.11 Å². The molecule has 0 radical (unpaired) electrons. The van der Waals surface area contributed by atoms with Crippen molar-refractivity contribution < 1.29 is 22.8 Å². The SMILES string of the molecule is CCC(O)CCNS(=O)(=O)c1ccc([N+](=O)[O-])c(F)c1. The Morgan fingerprint density at radius 3 is 2.65 bits per heavy atom. The predicted molar refractivity (Wildman–Crippen MR) is 69.2 cm³/mol. The van der Waals surface area contributed by atoms with Gasteiger partial charge in [-0.2, -0.15) is 4.39 Å². The second-order valence-corrected chi connectivity index (χ2v) is 5.89. The Bertz CT molecular complexity index is 590. The van der Waals surface area contributed by atoms with Gasteiger partial charge in [0, 0.05) is 18.7 Å². The van der Waals surface area contributed by atoms with Crippen LogP contribution < -0.4 is 4.72 Å². The standard InChI is InChI=1S/C11H15FN2O5S/c1-2-8(15)5-6-13-20(18,19)9-3-4-11(14(16)17)10(12)7-9/h3-4,7-8,13,15H,2,5-6H2,1H3. The molecule has 1 aromatic carbocycles. The number of benzene rings is 1. The van der Waals surface area contributed by atoms with Crippen LogP contribution in [0.15, 0.2) is 23.1 Å². The zero-order valence-electron chi connectivity index (χ0n) is 10.7. The Balaban J connectivity index is 2.83. The van der Waals surface area contributed by atoms with Crippen molar-refractivity contribution >= 4 is 15.7 Å². The number of nitro benzene ring substituents is 1. The average molecular weight is 306 g/mol. The Morgan fingerprint density at radius 2 is 2.15 bits per heavy atom. The van der Waals surface area contributed by atoms with Crippen molar-refractivity contribution in [1.29, 1.82) is 0 Å². The van der Waals surface area contributed by atoms with E-state index >= 15 is 0 Å². The maximum Gasteiger partial charge on any atom is 0.304 e. The molecule has 0 bridgehead atoms. The maximum atomic E-state index is 13.4. The van der Waals surface area contributed by atoms with E-state index < -0.39 is 37.5 Å². The van der Waals surface area contributed by atoms with Crippen LogP contribution in [0.3, 0.4) is 0 Å². The van der Waals surface area contributed by atoms with E-state index in [9.17, 15) is 28.0 Å². The van der Waals surface area contributed by atoms with Gasteiger partial charge in [0.2, 0.25) is 15.8 Å². The highest BCUT2D eigenvalue weighted by Gasteiger charge is 2.20. The molecule has 1 unspecified atom stereocenters. The van der Waals surface area contributed by atoms with Crippen LogP contribution in [-0.4, -0.2) is 31.1 Å². The van der Waals surface area contributed by atoms with Gasteiger partial charge in [-0.15, -0.1) is 0 Å². The molecule has 0 aliphatic carbocycles. The molecule has 0 aromatic heterocycles. The first-order valence-electron chi connectivity index (χ1n) is 5.89. The van der Waals surface area contributed by atoms with Gasteiger partial charge in [0.25, 0.3) is 0 Å². The fraction of sp³-hybridized carbons (Fsp3) is 0.455. The summed E-state index contributed by atoms with van der Waals surface area (Å²) in [7, 11) is -3.95. The van der Waals surface area contributed by atoms with Crippen molar-refractivity contribution in [2.75, 3.05) is 6.54 Å². The zero-order chi connectivity index (χ0) is 15.3. The third kappa shape index (κ3) is 4.22. The number of nitrogens with zero attached hydrogens (tertiary/aromatic N) is 1. The molecule has 0 saturated carbocycles. The van der Waals surface area contributed by atoms with Crippen LogP contribution in [0.1, 0.15) is 19.8 Å². The van der Waals surface area contributed by atoms with Gasteiger partial charge in [0.1, 0.15) is 0 Å². The Labute approximate surface area is 115 Å². The van der Waals surface area contributed by atoms with Gasteiger partial charge in [-0.25, -0.2) is 13.1 Å². The van der Waals surface area contributed by atoms with Gasteiger partial charge in [0.15, 0.2) is 0 Å². The van der Waals surface area contributed by atoms with Gasteiger partial charge in [0.05, 0.1) is 15.9 Å². The second kappa shape index (κ2) is 6.73. The molecule has 1 aromatic rings. The molecular weight excluding hydrogens is 291 g/mol. The van der Waals surface area contributed by atoms with Crippen molar-refractivity contribution in [3.8, 4) is 0 Å². The molecular formula is C11H15FN2O5S. The molecule has 0 amide bonds. The quantitative estimate of drug-likeness (QED) is 0.580. The maximum absolute atomic E-state index is 13.4. The molecule has 112 valence electrons. The van der Waals surface area contributed by atoms with Gasteiger partial charge in [-0.3, -0.25) is 10.1 Å². The summed E-state index contributed by atoms with van der Waals surface area (Å²) in [4.78, 5) is 9.11. The molecule has 1 atom stereocenters. The Kier molecular flexibility index (Phi) is 5.54. The van der Waals surface area contributed by atoms with Crippen molar-refractivity contribution in [3.63, 3.8) is 0 Å². The highest BCUT2D eigenvalue weighted by atomic mass is 32.2. The lowest BCUT2D eigenvalue weighted by molar-refractivity contribution is -0.387. The van der Waals surface area contributed by atoms with Crippen LogP contribution in [0.4, 0.5) is 10.1 Å². The normalized spacial score (nSPS) is 13.2. The molecule has 0 saturated heterocycles.